The van der Waals surface area contributed by atoms with E-state index >= 15 is 0 Å². The van der Waals surface area contributed by atoms with E-state index in [1.54, 1.807) is 11.1 Å². The first-order chi connectivity index (χ1) is 17.4. The lowest BCUT2D eigenvalue weighted by molar-refractivity contribution is -0.132. The van der Waals surface area contributed by atoms with Crippen LogP contribution in [0.15, 0.2) is 67.0 Å². The standard InChI is InChI=1S/C27H33FN4O4/c1-22(33)31-15-14-30(19-27(34,20-31)21-36-25-9-7-24(28)8-10-25)18-23-5-2-6-26(17-23)35-16-4-13-32-12-3-11-29-32/h2-3,5-12,17,34H,4,13-16,18-21H2,1H3/t27-/m0/s1. The predicted molar refractivity (Wildman–Crippen MR) is 133 cm³/mol. The number of aromatic nitrogens is 2. The molecule has 0 saturated carbocycles. The molecule has 192 valence electrons. The van der Waals surface area contributed by atoms with E-state index in [0.29, 0.717) is 38.5 Å². The molecule has 1 aromatic heterocycles. The van der Waals surface area contributed by atoms with Crippen molar-refractivity contribution in [2.45, 2.75) is 32.0 Å². The second-order valence-electron chi connectivity index (χ2n) is 9.24. The molecule has 4 rings (SSSR count). The largest absolute Gasteiger partial charge is 0.494 e. The average molecular weight is 497 g/mol. The molecule has 2 heterocycles. The fourth-order valence-corrected chi connectivity index (χ4v) is 4.33. The lowest BCUT2D eigenvalue weighted by Crippen LogP contribution is -2.51. The Morgan fingerprint density at radius 3 is 2.67 bits per heavy atom. The fourth-order valence-electron chi connectivity index (χ4n) is 4.33. The van der Waals surface area contributed by atoms with Gasteiger partial charge in [0, 0.05) is 58.5 Å². The third-order valence-electron chi connectivity index (χ3n) is 6.12. The van der Waals surface area contributed by atoms with Crippen molar-refractivity contribution < 1.29 is 23.8 Å². The van der Waals surface area contributed by atoms with E-state index in [4.69, 9.17) is 9.47 Å². The van der Waals surface area contributed by atoms with E-state index in [-0.39, 0.29) is 24.9 Å². The Balaban J connectivity index is 1.36. The zero-order valence-electron chi connectivity index (χ0n) is 20.6. The Hall–Kier alpha value is -3.43. The number of β-amino-alcohol motifs (C(OH)–C–C–N with tert-alkyl or cyclic N) is 1. The number of aliphatic hydroxyl groups is 1. The SMILES string of the molecule is CC(=O)N1CCN(Cc2cccc(OCCCn3cccn3)c2)C[C@@](O)(COc2ccc(F)cc2)C1. The van der Waals surface area contributed by atoms with Crippen molar-refractivity contribution in [2.24, 2.45) is 0 Å². The first-order valence-corrected chi connectivity index (χ1v) is 12.2. The van der Waals surface area contributed by atoms with Gasteiger partial charge in [0.2, 0.25) is 5.91 Å². The minimum absolute atomic E-state index is 0.0156. The van der Waals surface area contributed by atoms with Gasteiger partial charge in [0.1, 0.15) is 29.5 Å². The molecule has 36 heavy (non-hydrogen) atoms. The van der Waals surface area contributed by atoms with Gasteiger partial charge in [0.15, 0.2) is 0 Å². The second kappa shape index (κ2) is 12.0. The molecule has 1 aliphatic heterocycles. The van der Waals surface area contributed by atoms with Crippen molar-refractivity contribution in [3.8, 4) is 11.5 Å². The Morgan fingerprint density at radius 2 is 1.92 bits per heavy atom. The molecule has 9 heteroatoms. The van der Waals surface area contributed by atoms with E-state index in [2.05, 4.69) is 10.00 Å². The third-order valence-corrected chi connectivity index (χ3v) is 6.12. The highest BCUT2D eigenvalue weighted by Gasteiger charge is 2.36. The lowest BCUT2D eigenvalue weighted by atomic mass is 10.0. The van der Waals surface area contributed by atoms with Crippen LogP contribution in [0.5, 0.6) is 11.5 Å². The van der Waals surface area contributed by atoms with E-state index in [0.717, 1.165) is 24.3 Å². The first-order valence-electron chi connectivity index (χ1n) is 12.2. The Morgan fingerprint density at radius 1 is 1.08 bits per heavy atom. The number of amides is 1. The number of rotatable bonds is 10. The molecule has 0 spiro atoms. The van der Waals surface area contributed by atoms with Crippen LogP contribution in [0.4, 0.5) is 4.39 Å². The first kappa shape index (κ1) is 25.7. The molecule has 0 unspecified atom stereocenters. The number of nitrogens with zero attached hydrogens (tertiary/aromatic N) is 4. The van der Waals surface area contributed by atoms with E-state index < -0.39 is 5.60 Å². The van der Waals surface area contributed by atoms with Gasteiger partial charge >= 0.3 is 0 Å². The highest BCUT2D eigenvalue weighted by Crippen LogP contribution is 2.21. The van der Waals surface area contributed by atoms with Gasteiger partial charge < -0.3 is 19.5 Å². The highest BCUT2D eigenvalue weighted by atomic mass is 19.1. The van der Waals surface area contributed by atoms with E-state index in [1.165, 1.54) is 31.2 Å². The number of carbonyl (C=O) groups excluding carboxylic acids is 1. The highest BCUT2D eigenvalue weighted by molar-refractivity contribution is 5.73. The maximum Gasteiger partial charge on any atom is 0.219 e. The predicted octanol–water partition coefficient (Wildman–Crippen LogP) is 2.97. The van der Waals surface area contributed by atoms with Crippen LogP contribution >= 0.6 is 0 Å². The van der Waals surface area contributed by atoms with Gasteiger partial charge in [0.05, 0.1) is 13.2 Å². The summed E-state index contributed by atoms with van der Waals surface area (Å²) < 4.78 is 26.8. The van der Waals surface area contributed by atoms with Gasteiger partial charge in [0.25, 0.3) is 0 Å². The van der Waals surface area contributed by atoms with Crippen LogP contribution in [0.25, 0.3) is 0 Å². The second-order valence-corrected chi connectivity index (χ2v) is 9.24. The van der Waals surface area contributed by atoms with Crippen molar-refractivity contribution in [1.29, 1.82) is 0 Å². The lowest BCUT2D eigenvalue weighted by Gasteiger charge is -2.32. The topological polar surface area (TPSA) is 80.1 Å². The van der Waals surface area contributed by atoms with Gasteiger partial charge in [-0.15, -0.1) is 0 Å². The molecule has 8 nitrogen and oxygen atoms in total. The molecule has 2 aromatic carbocycles. The molecular formula is C27H33FN4O4. The normalized spacial score (nSPS) is 18.6. The summed E-state index contributed by atoms with van der Waals surface area (Å²) in [5.41, 5.74) is -0.227. The Bertz CT molecular complexity index is 1110. The maximum absolute atomic E-state index is 13.2. The number of hydrogen-bond donors (Lipinski definition) is 1. The number of ether oxygens (including phenoxy) is 2. The van der Waals surface area contributed by atoms with Crippen LogP contribution in [0.3, 0.4) is 0 Å². The summed E-state index contributed by atoms with van der Waals surface area (Å²) in [5, 5.41) is 15.6. The molecule has 1 amide bonds. The van der Waals surface area contributed by atoms with Gasteiger partial charge in [-0.05, 0) is 48.0 Å². The Kier molecular flexibility index (Phi) is 8.56. The van der Waals surface area contributed by atoms with E-state index in [1.807, 2.05) is 41.2 Å². The summed E-state index contributed by atoms with van der Waals surface area (Å²) in [6.07, 6.45) is 4.54. The van der Waals surface area contributed by atoms with Crippen LogP contribution < -0.4 is 9.47 Å². The zero-order chi connectivity index (χ0) is 25.4. The quantitative estimate of drug-likeness (QED) is 0.435. The minimum Gasteiger partial charge on any atom is -0.494 e. The summed E-state index contributed by atoms with van der Waals surface area (Å²) in [7, 11) is 0. The van der Waals surface area contributed by atoms with Crippen LogP contribution in [0, 0.1) is 5.82 Å². The molecule has 1 fully saturated rings. The van der Waals surface area contributed by atoms with Crippen molar-refractivity contribution in [1.82, 2.24) is 19.6 Å². The summed E-state index contributed by atoms with van der Waals surface area (Å²) in [4.78, 5) is 15.9. The molecule has 1 N–H and O–H groups in total. The van der Waals surface area contributed by atoms with Crippen LogP contribution in [-0.2, 0) is 17.9 Å². The van der Waals surface area contributed by atoms with Gasteiger partial charge in [-0.25, -0.2) is 4.39 Å². The maximum atomic E-state index is 13.2. The summed E-state index contributed by atoms with van der Waals surface area (Å²) >= 11 is 0. The van der Waals surface area contributed by atoms with Crippen molar-refractivity contribution in [3.05, 3.63) is 78.4 Å². The van der Waals surface area contributed by atoms with Crippen molar-refractivity contribution in [3.63, 3.8) is 0 Å². The van der Waals surface area contributed by atoms with Crippen LogP contribution in [0.2, 0.25) is 0 Å². The molecule has 0 bridgehead atoms. The summed E-state index contributed by atoms with van der Waals surface area (Å²) in [6, 6.07) is 15.5. The van der Waals surface area contributed by atoms with Gasteiger partial charge in [-0.3, -0.25) is 14.4 Å². The van der Waals surface area contributed by atoms with Gasteiger partial charge in [-0.1, -0.05) is 12.1 Å². The molecule has 0 aliphatic carbocycles. The molecule has 1 aliphatic rings. The van der Waals surface area contributed by atoms with Gasteiger partial charge in [-0.2, -0.15) is 5.10 Å². The smallest absolute Gasteiger partial charge is 0.219 e. The molecule has 3 aromatic rings. The number of carbonyl (C=O) groups is 1. The monoisotopic (exact) mass is 496 g/mol. The molecule has 0 radical (unpaired) electrons. The van der Waals surface area contributed by atoms with E-state index in [9.17, 15) is 14.3 Å². The van der Waals surface area contributed by atoms with Crippen molar-refractivity contribution >= 4 is 5.91 Å². The molecular weight excluding hydrogens is 463 g/mol. The average Bonchev–Trinajstić information content (AvgIpc) is 3.32. The Labute approximate surface area is 210 Å². The molecule has 1 atom stereocenters. The minimum atomic E-state index is -1.28. The van der Waals surface area contributed by atoms with Crippen LogP contribution in [-0.4, -0.2) is 75.6 Å². The third kappa shape index (κ3) is 7.53. The number of benzene rings is 2. The van der Waals surface area contributed by atoms with Crippen LogP contribution in [0.1, 0.15) is 18.9 Å². The van der Waals surface area contributed by atoms with Crippen molar-refractivity contribution in [2.75, 3.05) is 39.4 Å². The number of hydrogen-bond acceptors (Lipinski definition) is 6. The molecule has 1 saturated heterocycles. The number of halogens is 1. The summed E-state index contributed by atoms with van der Waals surface area (Å²) in [5.74, 6) is 0.812. The number of aryl methyl sites for hydroxylation is 1. The zero-order valence-corrected chi connectivity index (χ0v) is 20.6. The fraction of sp³-hybridized carbons (Fsp3) is 0.407. The summed E-state index contributed by atoms with van der Waals surface area (Å²) in [6.45, 7) is 5.09.